The Hall–Kier alpha value is -3.61. The number of anilines is 1. The maximum atomic E-state index is 12.2. The van der Waals surface area contributed by atoms with Gasteiger partial charge in [-0.15, -0.1) is 0 Å². The fourth-order valence-electron chi connectivity index (χ4n) is 3.46. The Kier molecular flexibility index (Phi) is 4.05. The highest BCUT2D eigenvalue weighted by molar-refractivity contribution is 5.75. The van der Waals surface area contributed by atoms with Crippen LogP contribution in [0.3, 0.4) is 0 Å². The number of nitrogens with zero attached hydrogens (tertiary/aromatic N) is 6. The molecule has 0 spiro atoms. The van der Waals surface area contributed by atoms with Crippen LogP contribution in [0.1, 0.15) is 0 Å². The maximum absolute atomic E-state index is 12.2. The average Bonchev–Trinajstić information content (AvgIpc) is 2.72. The summed E-state index contributed by atoms with van der Waals surface area (Å²) in [5.74, 6) is 1.22. The van der Waals surface area contributed by atoms with Crippen molar-refractivity contribution in [2.24, 2.45) is 5.92 Å². The van der Waals surface area contributed by atoms with E-state index in [0.717, 1.165) is 41.2 Å². The van der Waals surface area contributed by atoms with E-state index in [0.29, 0.717) is 12.5 Å². The third-order valence-corrected chi connectivity index (χ3v) is 4.97. The van der Waals surface area contributed by atoms with E-state index in [1.807, 2.05) is 42.6 Å². The number of para-hydroxylation sites is 2. The van der Waals surface area contributed by atoms with Gasteiger partial charge in [0, 0.05) is 43.0 Å². The summed E-state index contributed by atoms with van der Waals surface area (Å²) >= 11 is 0. The predicted octanol–water partition coefficient (Wildman–Crippen LogP) is 2.38. The van der Waals surface area contributed by atoms with Crippen LogP contribution in [0.4, 0.5) is 5.82 Å². The van der Waals surface area contributed by atoms with Crippen LogP contribution in [0, 0.1) is 5.92 Å². The molecule has 7 heteroatoms. The summed E-state index contributed by atoms with van der Waals surface area (Å²) in [7, 11) is 0. The Morgan fingerprint density at radius 2 is 1.82 bits per heavy atom. The van der Waals surface area contributed by atoms with Gasteiger partial charge in [0.25, 0.3) is 5.56 Å². The molecular formula is C21H18N6O. The van der Waals surface area contributed by atoms with Crippen LogP contribution in [-0.4, -0.2) is 37.8 Å². The number of aromatic nitrogens is 5. The molecule has 1 fully saturated rings. The summed E-state index contributed by atoms with van der Waals surface area (Å²) in [4.78, 5) is 27.7. The monoisotopic (exact) mass is 370 g/mol. The number of hydrogen-bond acceptors (Lipinski definition) is 6. The maximum Gasteiger partial charge on any atom is 0.266 e. The average molecular weight is 370 g/mol. The van der Waals surface area contributed by atoms with E-state index >= 15 is 0 Å². The highest BCUT2D eigenvalue weighted by atomic mass is 16.1. The zero-order valence-corrected chi connectivity index (χ0v) is 15.1. The van der Waals surface area contributed by atoms with Gasteiger partial charge in [0.15, 0.2) is 0 Å². The molecule has 0 unspecified atom stereocenters. The minimum Gasteiger partial charge on any atom is -0.354 e. The van der Waals surface area contributed by atoms with Crippen molar-refractivity contribution in [1.82, 2.24) is 24.7 Å². The molecule has 28 heavy (non-hydrogen) atoms. The number of fused-ring (bicyclic) bond motifs is 1. The Bertz CT molecular complexity index is 1180. The van der Waals surface area contributed by atoms with Gasteiger partial charge in [-0.05, 0) is 30.3 Å². The van der Waals surface area contributed by atoms with Crippen molar-refractivity contribution in [3.05, 3.63) is 77.5 Å². The van der Waals surface area contributed by atoms with Crippen molar-refractivity contribution in [2.75, 3.05) is 18.0 Å². The second-order valence-electron chi connectivity index (χ2n) is 6.97. The van der Waals surface area contributed by atoms with E-state index in [-0.39, 0.29) is 5.56 Å². The third-order valence-electron chi connectivity index (χ3n) is 4.97. The van der Waals surface area contributed by atoms with Crippen molar-refractivity contribution in [2.45, 2.75) is 6.54 Å². The molecule has 1 aliphatic heterocycles. The summed E-state index contributed by atoms with van der Waals surface area (Å²) < 4.78 is 1.55. The highest BCUT2D eigenvalue weighted by Crippen LogP contribution is 2.24. The lowest BCUT2D eigenvalue weighted by Crippen LogP contribution is -2.50. The van der Waals surface area contributed by atoms with Gasteiger partial charge in [-0.25, -0.2) is 9.67 Å². The normalized spacial score (nSPS) is 14.2. The SMILES string of the molecule is O=c1ccc(-c2cccnc2)nn1CC1CN(c2cnc3ccccc3n2)C1. The fraction of sp³-hybridized carbons (Fsp3) is 0.190. The van der Waals surface area contributed by atoms with Crippen LogP contribution < -0.4 is 10.5 Å². The van der Waals surface area contributed by atoms with Crippen molar-refractivity contribution in [3.8, 4) is 11.3 Å². The van der Waals surface area contributed by atoms with Crippen LogP contribution in [0.25, 0.3) is 22.3 Å². The van der Waals surface area contributed by atoms with Gasteiger partial charge in [0.2, 0.25) is 0 Å². The largest absolute Gasteiger partial charge is 0.354 e. The number of rotatable bonds is 4. The smallest absolute Gasteiger partial charge is 0.266 e. The first-order valence-corrected chi connectivity index (χ1v) is 9.21. The quantitative estimate of drug-likeness (QED) is 0.549. The van der Waals surface area contributed by atoms with E-state index in [9.17, 15) is 4.79 Å². The Morgan fingerprint density at radius 1 is 0.964 bits per heavy atom. The molecule has 138 valence electrons. The first-order valence-electron chi connectivity index (χ1n) is 9.21. The molecule has 0 bridgehead atoms. The Labute approximate surface area is 161 Å². The van der Waals surface area contributed by atoms with E-state index in [1.165, 1.54) is 0 Å². The molecule has 4 aromatic rings. The van der Waals surface area contributed by atoms with E-state index in [4.69, 9.17) is 0 Å². The molecule has 7 nitrogen and oxygen atoms in total. The predicted molar refractivity (Wildman–Crippen MR) is 107 cm³/mol. The van der Waals surface area contributed by atoms with Crippen LogP contribution in [0.5, 0.6) is 0 Å². The molecule has 3 aromatic heterocycles. The molecule has 1 aliphatic rings. The number of benzene rings is 1. The first-order chi connectivity index (χ1) is 13.8. The van der Waals surface area contributed by atoms with Gasteiger partial charge in [0.05, 0.1) is 29.5 Å². The minimum absolute atomic E-state index is 0.0865. The van der Waals surface area contributed by atoms with Crippen molar-refractivity contribution < 1.29 is 0 Å². The Morgan fingerprint density at radius 3 is 2.64 bits per heavy atom. The molecule has 0 saturated carbocycles. The number of hydrogen-bond donors (Lipinski definition) is 0. The molecule has 4 heterocycles. The molecule has 5 rings (SSSR count). The van der Waals surface area contributed by atoms with Gasteiger partial charge >= 0.3 is 0 Å². The zero-order chi connectivity index (χ0) is 18.9. The second kappa shape index (κ2) is 6.84. The highest BCUT2D eigenvalue weighted by Gasteiger charge is 2.29. The second-order valence-corrected chi connectivity index (χ2v) is 6.97. The van der Waals surface area contributed by atoms with Crippen LogP contribution in [0.2, 0.25) is 0 Å². The standard InChI is InChI=1S/C21H18N6O/c28-21-8-7-17(16-4-3-9-22-10-16)25-27(21)14-15-12-26(13-15)20-11-23-18-5-1-2-6-19(18)24-20/h1-11,15H,12-14H2. The molecule has 1 saturated heterocycles. The molecular weight excluding hydrogens is 352 g/mol. The molecule has 0 atom stereocenters. The lowest BCUT2D eigenvalue weighted by atomic mass is 10.0. The van der Waals surface area contributed by atoms with Crippen LogP contribution in [-0.2, 0) is 6.54 Å². The van der Waals surface area contributed by atoms with E-state index < -0.39 is 0 Å². The third kappa shape index (κ3) is 3.11. The van der Waals surface area contributed by atoms with E-state index in [1.54, 1.807) is 29.2 Å². The Balaban J connectivity index is 1.30. The van der Waals surface area contributed by atoms with Gasteiger partial charge in [-0.3, -0.25) is 14.8 Å². The van der Waals surface area contributed by atoms with Gasteiger partial charge in [-0.2, -0.15) is 5.10 Å². The van der Waals surface area contributed by atoms with Crippen molar-refractivity contribution in [3.63, 3.8) is 0 Å². The molecule has 0 N–H and O–H groups in total. The van der Waals surface area contributed by atoms with Gasteiger partial charge in [0.1, 0.15) is 5.82 Å². The number of pyridine rings is 1. The summed E-state index contributed by atoms with van der Waals surface area (Å²) in [5.41, 5.74) is 3.36. The fourth-order valence-corrected chi connectivity index (χ4v) is 3.46. The van der Waals surface area contributed by atoms with Crippen molar-refractivity contribution >= 4 is 16.9 Å². The summed E-state index contributed by atoms with van der Waals surface area (Å²) in [5, 5.41) is 4.52. The van der Waals surface area contributed by atoms with Gasteiger partial charge < -0.3 is 4.90 Å². The summed E-state index contributed by atoms with van der Waals surface area (Å²) in [6.07, 6.45) is 5.28. The molecule has 0 aliphatic carbocycles. The molecule has 0 amide bonds. The topological polar surface area (TPSA) is 76.8 Å². The summed E-state index contributed by atoms with van der Waals surface area (Å²) in [6, 6.07) is 15.0. The molecule has 0 radical (unpaired) electrons. The molecule has 1 aromatic carbocycles. The van der Waals surface area contributed by atoms with Gasteiger partial charge in [-0.1, -0.05) is 12.1 Å². The summed E-state index contributed by atoms with van der Waals surface area (Å²) in [6.45, 7) is 2.25. The zero-order valence-electron chi connectivity index (χ0n) is 15.1. The first kappa shape index (κ1) is 16.6. The minimum atomic E-state index is -0.0865. The van der Waals surface area contributed by atoms with E-state index in [2.05, 4.69) is 25.0 Å². The van der Waals surface area contributed by atoms with Crippen LogP contribution >= 0.6 is 0 Å². The lowest BCUT2D eigenvalue weighted by molar-refractivity contribution is 0.333. The lowest BCUT2D eigenvalue weighted by Gasteiger charge is -2.40. The van der Waals surface area contributed by atoms with Crippen LogP contribution in [0.15, 0.2) is 71.9 Å². The van der Waals surface area contributed by atoms with Crippen molar-refractivity contribution in [1.29, 1.82) is 0 Å².